The van der Waals surface area contributed by atoms with Gasteiger partial charge in [0.1, 0.15) is 6.07 Å². The molecule has 16 heavy (non-hydrogen) atoms. The Morgan fingerprint density at radius 3 is 2.75 bits per heavy atom. The number of likely N-dealkylation sites (N-methyl/N-ethyl adjacent to an activating group) is 1. The molecule has 2 atom stereocenters. The average molecular weight is 215 g/mol. The van der Waals surface area contributed by atoms with E-state index in [0.29, 0.717) is 6.04 Å². The second kappa shape index (κ2) is 4.54. The highest BCUT2D eigenvalue weighted by Crippen LogP contribution is 2.28. The molecule has 3 nitrogen and oxygen atoms in total. The Bertz CT molecular complexity index is 408. The fourth-order valence-corrected chi connectivity index (χ4v) is 2.50. The number of rotatable bonds is 2. The first kappa shape index (κ1) is 11.0. The van der Waals surface area contributed by atoms with Gasteiger partial charge in [0, 0.05) is 19.1 Å². The van der Waals surface area contributed by atoms with E-state index in [-0.39, 0.29) is 6.04 Å². The Kier molecular flexibility index (Phi) is 3.12. The number of para-hydroxylation sites is 1. The Labute approximate surface area is 96.5 Å². The van der Waals surface area contributed by atoms with Crippen molar-refractivity contribution in [2.24, 2.45) is 5.73 Å². The SMILES string of the molecule is CN(c1ccccc1C#N)C1CCCC1N. The summed E-state index contributed by atoms with van der Waals surface area (Å²) in [5.74, 6) is 0. The number of nitriles is 1. The van der Waals surface area contributed by atoms with Crippen molar-refractivity contribution in [3.8, 4) is 6.07 Å². The van der Waals surface area contributed by atoms with E-state index in [0.717, 1.165) is 24.1 Å². The van der Waals surface area contributed by atoms with Gasteiger partial charge in [-0.1, -0.05) is 12.1 Å². The molecule has 3 heteroatoms. The molecule has 0 aliphatic heterocycles. The summed E-state index contributed by atoms with van der Waals surface area (Å²) in [6, 6.07) is 10.5. The summed E-state index contributed by atoms with van der Waals surface area (Å²) in [6.07, 6.45) is 3.39. The number of hydrogen-bond donors (Lipinski definition) is 1. The van der Waals surface area contributed by atoms with Crippen molar-refractivity contribution in [3.63, 3.8) is 0 Å². The Balaban J connectivity index is 2.27. The summed E-state index contributed by atoms with van der Waals surface area (Å²) in [4.78, 5) is 2.16. The summed E-state index contributed by atoms with van der Waals surface area (Å²) in [6.45, 7) is 0. The first-order valence-corrected chi connectivity index (χ1v) is 5.71. The molecular formula is C13H17N3. The molecule has 84 valence electrons. The van der Waals surface area contributed by atoms with Crippen molar-refractivity contribution in [1.82, 2.24) is 0 Å². The molecule has 0 aromatic heterocycles. The maximum atomic E-state index is 9.07. The predicted octanol–water partition coefficient (Wildman–Crippen LogP) is 1.87. The van der Waals surface area contributed by atoms with Gasteiger partial charge in [0.2, 0.25) is 0 Å². The van der Waals surface area contributed by atoms with Crippen LogP contribution < -0.4 is 10.6 Å². The van der Waals surface area contributed by atoms with E-state index in [4.69, 9.17) is 11.0 Å². The number of benzene rings is 1. The molecule has 0 saturated heterocycles. The topological polar surface area (TPSA) is 53.0 Å². The molecular weight excluding hydrogens is 198 g/mol. The zero-order valence-corrected chi connectivity index (χ0v) is 9.56. The Hall–Kier alpha value is -1.53. The molecule has 2 unspecified atom stereocenters. The van der Waals surface area contributed by atoms with E-state index in [2.05, 4.69) is 11.0 Å². The Morgan fingerprint density at radius 2 is 2.12 bits per heavy atom. The molecule has 1 aromatic rings. The fraction of sp³-hybridized carbons (Fsp3) is 0.462. The van der Waals surface area contributed by atoms with Crippen LogP contribution in [0.2, 0.25) is 0 Å². The molecule has 1 aliphatic rings. The molecule has 0 bridgehead atoms. The highest BCUT2D eigenvalue weighted by Gasteiger charge is 2.28. The van der Waals surface area contributed by atoms with Gasteiger partial charge in [-0.25, -0.2) is 0 Å². The summed E-state index contributed by atoms with van der Waals surface area (Å²) in [5.41, 5.74) is 7.80. The van der Waals surface area contributed by atoms with E-state index in [1.165, 1.54) is 6.42 Å². The zero-order chi connectivity index (χ0) is 11.5. The third-order valence-electron chi connectivity index (χ3n) is 3.43. The van der Waals surface area contributed by atoms with Crippen LogP contribution in [0.3, 0.4) is 0 Å². The molecule has 2 N–H and O–H groups in total. The van der Waals surface area contributed by atoms with Gasteiger partial charge in [0.05, 0.1) is 11.3 Å². The summed E-state index contributed by atoms with van der Waals surface area (Å²) in [7, 11) is 2.03. The molecule has 1 saturated carbocycles. The van der Waals surface area contributed by atoms with Crippen molar-refractivity contribution in [2.75, 3.05) is 11.9 Å². The lowest BCUT2D eigenvalue weighted by Gasteiger charge is -2.30. The predicted molar refractivity (Wildman–Crippen MR) is 65.2 cm³/mol. The smallest absolute Gasteiger partial charge is 0.101 e. The molecule has 2 rings (SSSR count). The van der Waals surface area contributed by atoms with Crippen molar-refractivity contribution >= 4 is 5.69 Å². The minimum Gasteiger partial charge on any atom is -0.369 e. The number of anilines is 1. The number of nitrogens with zero attached hydrogens (tertiary/aromatic N) is 2. The van der Waals surface area contributed by atoms with Crippen LogP contribution in [-0.4, -0.2) is 19.1 Å². The monoisotopic (exact) mass is 215 g/mol. The van der Waals surface area contributed by atoms with Crippen LogP contribution in [0.4, 0.5) is 5.69 Å². The van der Waals surface area contributed by atoms with Gasteiger partial charge >= 0.3 is 0 Å². The minimum atomic E-state index is 0.233. The Morgan fingerprint density at radius 1 is 1.38 bits per heavy atom. The molecule has 0 spiro atoms. The number of hydrogen-bond acceptors (Lipinski definition) is 3. The third kappa shape index (κ3) is 1.89. The number of nitrogens with two attached hydrogens (primary N) is 1. The second-order valence-corrected chi connectivity index (χ2v) is 4.40. The van der Waals surface area contributed by atoms with Crippen LogP contribution in [0.5, 0.6) is 0 Å². The maximum Gasteiger partial charge on any atom is 0.101 e. The van der Waals surface area contributed by atoms with Gasteiger partial charge in [0.25, 0.3) is 0 Å². The quantitative estimate of drug-likeness (QED) is 0.819. The largest absolute Gasteiger partial charge is 0.369 e. The summed E-state index contributed by atoms with van der Waals surface area (Å²) in [5, 5.41) is 9.07. The molecule has 0 amide bonds. The van der Waals surface area contributed by atoms with Gasteiger partial charge < -0.3 is 10.6 Å². The summed E-state index contributed by atoms with van der Waals surface area (Å²) >= 11 is 0. The van der Waals surface area contributed by atoms with E-state index in [1.54, 1.807) is 0 Å². The lowest BCUT2D eigenvalue weighted by atomic mass is 10.1. The van der Waals surface area contributed by atoms with E-state index >= 15 is 0 Å². The van der Waals surface area contributed by atoms with Gasteiger partial charge in [0.15, 0.2) is 0 Å². The van der Waals surface area contributed by atoms with Gasteiger partial charge in [-0.05, 0) is 31.4 Å². The first-order chi connectivity index (χ1) is 7.74. The molecule has 1 aromatic carbocycles. The highest BCUT2D eigenvalue weighted by atomic mass is 15.2. The minimum absolute atomic E-state index is 0.233. The molecule has 0 heterocycles. The molecule has 1 aliphatic carbocycles. The fourth-order valence-electron chi connectivity index (χ4n) is 2.50. The first-order valence-electron chi connectivity index (χ1n) is 5.71. The van der Waals surface area contributed by atoms with Crippen LogP contribution in [0.1, 0.15) is 24.8 Å². The highest BCUT2D eigenvalue weighted by molar-refractivity contribution is 5.59. The summed E-state index contributed by atoms with van der Waals surface area (Å²) < 4.78 is 0. The van der Waals surface area contributed by atoms with Crippen molar-refractivity contribution in [1.29, 1.82) is 5.26 Å². The maximum absolute atomic E-state index is 9.07. The average Bonchev–Trinajstić information content (AvgIpc) is 2.74. The van der Waals surface area contributed by atoms with Crippen LogP contribution in [-0.2, 0) is 0 Å². The normalized spacial score (nSPS) is 24.1. The second-order valence-electron chi connectivity index (χ2n) is 4.40. The van der Waals surface area contributed by atoms with Gasteiger partial charge in [-0.15, -0.1) is 0 Å². The standard InChI is InChI=1S/C13H17N3/c1-16(13-8-4-6-11(13)15)12-7-3-2-5-10(12)9-14/h2-3,5,7,11,13H,4,6,8,15H2,1H3. The van der Waals surface area contributed by atoms with Crippen molar-refractivity contribution in [2.45, 2.75) is 31.3 Å². The molecule has 1 fully saturated rings. The lowest BCUT2D eigenvalue weighted by Crippen LogP contribution is -2.42. The lowest BCUT2D eigenvalue weighted by molar-refractivity contribution is 0.572. The van der Waals surface area contributed by atoms with Crippen LogP contribution in [0, 0.1) is 11.3 Å². The van der Waals surface area contributed by atoms with E-state index in [1.807, 2.05) is 31.3 Å². The van der Waals surface area contributed by atoms with Gasteiger partial charge in [-0.2, -0.15) is 5.26 Å². The van der Waals surface area contributed by atoms with E-state index < -0.39 is 0 Å². The third-order valence-corrected chi connectivity index (χ3v) is 3.43. The van der Waals surface area contributed by atoms with Crippen LogP contribution >= 0.6 is 0 Å². The van der Waals surface area contributed by atoms with E-state index in [9.17, 15) is 0 Å². The van der Waals surface area contributed by atoms with Gasteiger partial charge in [-0.3, -0.25) is 0 Å². The zero-order valence-electron chi connectivity index (χ0n) is 9.56. The molecule has 0 radical (unpaired) electrons. The van der Waals surface area contributed by atoms with Crippen molar-refractivity contribution in [3.05, 3.63) is 29.8 Å². The van der Waals surface area contributed by atoms with Crippen LogP contribution in [0.25, 0.3) is 0 Å². The van der Waals surface area contributed by atoms with Crippen molar-refractivity contribution < 1.29 is 0 Å². The van der Waals surface area contributed by atoms with Crippen LogP contribution in [0.15, 0.2) is 24.3 Å².